The van der Waals surface area contributed by atoms with E-state index >= 15 is 0 Å². The number of rotatable bonds is 7. The Labute approximate surface area is 207 Å². The van der Waals surface area contributed by atoms with Crippen molar-refractivity contribution in [2.24, 2.45) is 10.9 Å². The van der Waals surface area contributed by atoms with E-state index in [0.717, 1.165) is 6.92 Å². The number of nitrogen functional groups attached to an aromatic ring is 1. The second kappa shape index (κ2) is 11.1. The van der Waals surface area contributed by atoms with Crippen molar-refractivity contribution in [3.8, 4) is 0 Å². The number of nitrogens with one attached hydrogen (secondary N) is 3. The van der Waals surface area contributed by atoms with Crippen LogP contribution in [0.15, 0.2) is 89.1 Å². The van der Waals surface area contributed by atoms with Gasteiger partial charge in [0.25, 0.3) is 5.92 Å². The number of allylic oxidation sites excluding steroid dienone is 5. The van der Waals surface area contributed by atoms with Gasteiger partial charge in [0, 0.05) is 25.2 Å². The molecule has 1 unspecified atom stereocenters. The summed E-state index contributed by atoms with van der Waals surface area (Å²) in [6.07, 6.45) is 6.66. The second-order valence-electron chi connectivity index (χ2n) is 7.99. The minimum Gasteiger partial charge on any atom is -0.399 e. The Morgan fingerprint density at radius 1 is 1.23 bits per heavy atom. The van der Waals surface area contributed by atoms with Crippen molar-refractivity contribution < 1.29 is 13.6 Å². The highest BCUT2D eigenvalue weighted by molar-refractivity contribution is 6.33. The second-order valence-corrected chi connectivity index (χ2v) is 8.40. The Bertz CT molecular complexity index is 1230. The number of alkyl halides is 2. The van der Waals surface area contributed by atoms with E-state index in [-0.39, 0.29) is 23.2 Å². The van der Waals surface area contributed by atoms with E-state index in [1.807, 2.05) is 0 Å². The number of carbonyl (C=O) groups is 1. The van der Waals surface area contributed by atoms with Crippen molar-refractivity contribution in [2.45, 2.75) is 19.3 Å². The summed E-state index contributed by atoms with van der Waals surface area (Å²) in [5.74, 6) is -4.03. The summed E-state index contributed by atoms with van der Waals surface area (Å²) >= 11 is 6.23. The summed E-state index contributed by atoms with van der Waals surface area (Å²) in [5.41, 5.74) is 7.72. The quantitative estimate of drug-likeness (QED) is 0.234. The van der Waals surface area contributed by atoms with E-state index in [2.05, 4.69) is 15.6 Å². The Balaban J connectivity index is 1.83. The van der Waals surface area contributed by atoms with Gasteiger partial charge in [-0.2, -0.15) is 0 Å². The molecule has 5 N–H and O–H groups in total. The number of nitrogens with zero attached hydrogens (tertiary/aromatic N) is 1. The first kappa shape index (κ1) is 25.8. The van der Waals surface area contributed by atoms with Crippen molar-refractivity contribution in [1.29, 1.82) is 5.41 Å². The molecule has 0 fully saturated rings. The molecule has 182 valence electrons. The maximum atomic E-state index is 14.1. The normalized spacial score (nSPS) is 16.5. The van der Waals surface area contributed by atoms with Gasteiger partial charge in [-0.15, -0.1) is 0 Å². The van der Waals surface area contributed by atoms with Gasteiger partial charge in [0.2, 0.25) is 5.91 Å². The highest BCUT2D eigenvalue weighted by Crippen LogP contribution is 2.28. The maximum absolute atomic E-state index is 14.1. The molecule has 9 heteroatoms. The molecule has 1 aliphatic carbocycles. The Morgan fingerprint density at radius 3 is 2.49 bits per heavy atom. The molecule has 35 heavy (non-hydrogen) atoms. The Morgan fingerprint density at radius 2 is 1.91 bits per heavy atom. The molecule has 2 aromatic rings. The molecule has 3 rings (SSSR count). The van der Waals surface area contributed by atoms with Gasteiger partial charge in [0.05, 0.1) is 28.0 Å². The molecule has 1 atom stereocenters. The molecule has 0 aliphatic heterocycles. The molecular weight excluding hydrogens is 472 g/mol. The van der Waals surface area contributed by atoms with Crippen molar-refractivity contribution >= 4 is 40.4 Å². The molecule has 0 spiro atoms. The molecule has 0 saturated heterocycles. The van der Waals surface area contributed by atoms with Gasteiger partial charge in [-0.05, 0) is 54.5 Å². The topological polar surface area (TPSA) is 103 Å². The minimum atomic E-state index is -3.11. The molecule has 0 aromatic heterocycles. The fourth-order valence-electron chi connectivity index (χ4n) is 3.35. The van der Waals surface area contributed by atoms with Crippen LogP contribution in [0.2, 0.25) is 5.02 Å². The first-order chi connectivity index (χ1) is 16.6. The van der Waals surface area contributed by atoms with Gasteiger partial charge in [0.15, 0.2) is 0 Å². The third kappa shape index (κ3) is 6.86. The van der Waals surface area contributed by atoms with E-state index in [9.17, 15) is 13.6 Å². The number of aliphatic imine (C=N–C) groups is 1. The highest BCUT2D eigenvalue weighted by Gasteiger charge is 2.28. The lowest BCUT2D eigenvalue weighted by Crippen LogP contribution is -2.35. The van der Waals surface area contributed by atoms with Crippen LogP contribution in [-0.2, 0) is 4.79 Å². The van der Waals surface area contributed by atoms with Gasteiger partial charge in [-0.3, -0.25) is 10.2 Å². The van der Waals surface area contributed by atoms with Crippen LogP contribution in [0.4, 0.5) is 20.2 Å². The zero-order chi connectivity index (χ0) is 25.6. The van der Waals surface area contributed by atoms with Crippen LogP contribution in [0.5, 0.6) is 0 Å². The largest absolute Gasteiger partial charge is 0.399 e. The predicted molar refractivity (Wildman–Crippen MR) is 137 cm³/mol. The minimum absolute atomic E-state index is 0.0362. The highest BCUT2D eigenvalue weighted by atomic mass is 35.5. The van der Waals surface area contributed by atoms with Gasteiger partial charge in [-0.25, -0.2) is 13.8 Å². The zero-order valence-corrected chi connectivity index (χ0v) is 20.0. The lowest BCUT2D eigenvalue weighted by molar-refractivity contribution is -0.122. The molecule has 1 aliphatic rings. The fraction of sp³-hybridized carbons (Fsp3) is 0.192. The Kier molecular flexibility index (Phi) is 8.19. The standard InChI is InChI=1S/C26H26ClF2N5O/c1-26(28,29)23(32-2)15-22(33-21-6-4-3-5-20(21)27)16-7-9-18(10-8-16)25(35)34-24(31)17-11-13-19(30)14-12-17/h3-9,11-15,18,32H,10,30H2,1-2H3,(H2,31,34,35). The first-order valence-electron chi connectivity index (χ1n) is 10.8. The average Bonchev–Trinajstić information content (AvgIpc) is 2.82. The third-order valence-corrected chi connectivity index (χ3v) is 5.62. The molecule has 2 aromatic carbocycles. The number of amides is 1. The summed E-state index contributed by atoms with van der Waals surface area (Å²) < 4.78 is 28.1. The molecule has 0 bridgehead atoms. The van der Waals surface area contributed by atoms with Crippen LogP contribution in [-0.4, -0.2) is 30.4 Å². The van der Waals surface area contributed by atoms with Crippen LogP contribution in [0.3, 0.4) is 0 Å². The number of halogens is 3. The van der Waals surface area contributed by atoms with E-state index in [0.29, 0.717) is 34.0 Å². The maximum Gasteiger partial charge on any atom is 0.284 e. The lowest BCUT2D eigenvalue weighted by Gasteiger charge is -2.19. The van der Waals surface area contributed by atoms with Crippen molar-refractivity contribution in [1.82, 2.24) is 10.6 Å². The molecule has 0 heterocycles. The number of nitrogens with two attached hydrogens (primary N) is 1. The summed E-state index contributed by atoms with van der Waals surface area (Å²) in [6.45, 7) is 0.796. The molecule has 6 nitrogen and oxygen atoms in total. The SMILES string of the molecule is CNC(=CC(=Nc1ccccc1Cl)C1=CCC(C(=O)NC(=N)c2ccc(N)cc2)C=C1)C(C)(F)F. The van der Waals surface area contributed by atoms with Gasteiger partial charge in [0.1, 0.15) is 5.84 Å². The zero-order valence-electron chi connectivity index (χ0n) is 19.3. The number of hydrogen-bond donors (Lipinski definition) is 4. The van der Waals surface area contributed by atoms with Crippen LogP contribution < -0.4 is 16.4 Å². The molecule has 0 radical (unpaired) electrons. The average molecular weight is 498 g/mol. The van der Waals surface area contributed by atoms with Crippen LogP contribution in [0.25, 0.3) is 0 Å². The summed E-state index contributed by atoms with van der Waals surface area (Å²) in [7, 11) is 1.41. The van der Waals surface area contributed by atoms with Gasteiger partial charge >= 0.3 is 0 Å². The monoisotopic (exact) mass is 497 g/mol. The lowest BCUT2D eigenvalue weighted by atomic mass is 9.93. The van der Waals surface area contributed by atoms with Crippen LogP contribution in [0.1, 0.15) is 18.9 Å². The Hall–Kier alpha value is -3.78. The number of para-hydroxylation sites is 1. The van der Waals surface area contributed by atoms with E-state index < -0.39 is 11.8 Å². The predicted octanol–water partition coefficient (Wildman–Crippen LogP) is 5.40. The molecule has 1 amide bonds. The van der Waals surface area contributed by atoms with Crippen molar-refractivity contribution in [3.05, 3.63) is 94.7 Å². The van der Waals surface area contributed by atoms with Gasteiger partial charge in [-0.1, -0.05) is 42.0 Å². The molecular formula is C26H26ClF2N5O. The number of amidine groups is 1. The fourth-order valence-corrected chi connectivity index (χ4v) is 3.53. The third-order valence-electron chi connectivity index (χ3n) is 5.30. The number of benzene rings is 2. The summed E-state index contributed by atoms with van der Waals surface area (Å²) in [4.78, 5) is 17.2. The van der Waals surface area contributed by atoms with Crippen molar-refractivity contribution in [3.63, 3.8) is 0 Å². The number of carbonyl (C=O) groups excluding carboxylic acids is 1. The van der Waals surface area contributed by atoms with E-state index in [1.54, 1.807) is 66.8 Å². The van der Waals surface area contributed by atoms with Crippen LogP contribution >= 0.6 is 11.6 Å². The van der Waals surface area contributed by atoms with Crippen molar-refractivity contribution in [2.75, 3.05) is 12.8 Å². The number of hydrogen-bond acceptors (Lipinski definition) is 5. The van der Waals surface area contributed by atoms with E-state index in [4.69, 9.17) is 22.7 Å². The summed E-state index contributed by atoms with van der Waals surface area (Å²) in [5, 5.41) is 13.6. The smallest absolute Gasteiger partial charge is 0.284 e. The first-order valence-corrected chi connectivity index (χ1v) is 11.2. The van der Waals surface area contributed by atoms with Crippen LogP contribution in [0, 0.1) is 11.3 Å². The van der Waals surface area contributed by atoms with Gasteiger partial charge < -0.3 is 16.4 Å². The summed E-state index contributed by atoms with van der Waals surface area (Å²) in [6, 6.07) is 13.5. The molecule has 0 saturated carbocycles. The van der Waals surface area contributed by atoms with E-state index in [1.165, 1.54) is 13.1 Å². The number of anilines is 1.